The fourth-order valence-corrected chi connectivity index (χ4v) is 4.26. The Hall–Kier alpha value is -2.28. The Morgan fingerprint density at radius 2 is 1.89 bits per heavy atom. The van der Waals surface area contributed by atoms with E-state index in [-0.39, 0.29) is 24.6 Å². The van der Waals surface area contributed by atoms with Gasteiger partial charge in [-0.05, 0) is 49.9 Å². The first kappa shape index (κ1) is 19.1. The summed E-state index contributed by atoms with van der Waals surface area (Å²) in [4.78, 5) is 28.5. The van der Waals surface area contributed by atoms with Crippen LogP contribution < -0.4 is 10.1 Å². The van der Waals surface area contributed by atoms with Crippen molar-refractivity contribution >= 4 is 17.6 Å². The van der Waals surface area contributed by atoms with E-state index in [1.165, 1.54) is 12.8 Å². The van der Waals surface area contributed by atoms with Crippen LogP contribution in [0, 0.1) is 0 Å². The van der Waals surface area contributed by atoms with E-state index < -0.39 is 0 Å². The summed E-state index contributed by atoms with van der Waals surface area (Å²) in [6.45, 7) is 2.74. The molecule has 1 atom stereocenters. The van der Waals surface area contributed by atoms with Gasteiger partial charge in [-0.3, -0.25) is 4.79 Å². The van der Waals surface area contributed by atoms with Gasteiger partial charge < -0.3 is 24.6 Å². The highest BCUT2D eigenvalue weighted by atomic mass is 16.5. The molecule has 7 heteroatoms. The lowest BCUT2D eigenvalue weighted by atomic mass is 10.2. The molecular formula is C21H29N3O4. The normalized spacial score (nSPS) is 23.3. The van der Waals surface area contributed by atoms with Crippen molar-refractivity contribution in [3.05, 3.63) is 24.3 Å². The molecule has 1 aromatic rings. The Morgan fingerprint density at radius 3 is 2.57 bits per heavy atom. The summed E-state index contributed by atoms with van der Waals surface area (Å²) in [6.07, 6.45) is 6.91. The van der Waals surface area contributed by atoms with Crippen molar-refractivity contribution in [2.75, 3.05) is 38.2 Å². The summed E-state index contributed by atoms with van der Waals surface area (Å²) in [5.74, 6) is 0.819. The first-order chi connectivity index (χ1) is 13.7. The Bertz CT molecular complexity index is 681. The van der Waals surface area contributed by atoms with Crippen molar-refractivity contribution in [2.45, 2.75) is 50.7 Å². The predicted molar refractivity (Wildman–Crippen MR) is 105 cm³/mol. The van der Waals surface area contributed by atoms with Crippen molar-refractivity contribution in [3.63, 3.8) is 0 Å². The second-order valence-electron chi connectivity index (χ2n) is 7.85. The Kier molecular flexibility index (Phi) is 6.00. The summed E-state index contributed by atoms with van der Waals surface area (Å²) in [5.41, 5.74) is 0.695. The number of nitrogens with one attached hydrogen (secondary N) is 1. The zero-order valence-corrected chi connectivity index (χ0v) is 16.3. The molecule has 3 aliphatic rings. The highest BCUT2D eigenvalue weighted by molar-refractivity contribution is 5.93. The quantitative estimate of drug-likeness (QED) is 0.843. The van der Waals surface area contributed by atoms with Crippen LogP contribution in [0.2, 0.25) is 0 Å². The van der Waals surface area contributed by atoms with Gasteiger partial charge in [-0.2, -0.15) is 0 Å². The molecule has 1 aliphatic carbocycles. The molecule has 2 aliphatic heterocycles. The fourth-order valence-electron chi connectivity index (χ4n) is 4.26. The van der Waals surface area contributed by atoms with Crippen LogP contribution in [0.3, 0.4) is 0 Å². The van der Waals surface area contributed by atoms with Crippen LogP contribution in [0.5, 0.6) is 5.75 Å². The second-order valence-corrected chi connectivity index (χ2v) is 7.85. The maximum Gasteiger partial charge on any atom is 0.322 e. The number of urea groups is 1. The van der Waals surface area contributed by atoms with Crippen LogP contribution in [0.15, 0.2) is 24.3 Å². The monoisotopic (exact) mass is 387 g/mol. The molecule has 152 valence electrons. The highest BCUT2D eigenvalue weighted by Crippen LogP contribution is 2.25. The summed E-state index contributed by atoms with van der Waals surface area (Å²) >= 11 is 0. The SMILES string of the molecule is O=C(Nc1ccc(OC[C@@H]2CCCO2)cc1)N1CCN(C2CCCC2)C(=O)C1. The van der Waals surface area contributed by atoms with Crippen LogP contribution in [0.1, 0.15) is 38.5 Å². The zero-order valence-electron chi connectivity index (χ0n) is 16.3. The molecule has 0 bridgehead atoms. The van der Waals surface area contributed by atoms with Gasteiger partial charge in [-0.25, -0.2) is 4.79 Å². The number of hydrogen-bond donors (Lipinski definition) is 1. The van der Waals surface area contributed by atoms with Gasteiger partial charge in [0.2, 0.25) is 5.91 Å². The molecule has 0 unspecified atom stereocenters. The molecule has 1 saturated carbocycles. The number of hydrogen-bond acceptors (Lipinski definition) is 4. The van der Waals surface area contributed by atoms with Crippen molar-refractivity contribution in [1.82, 2.24) is 9.80 Å². The van der Waals surface area contributed by atoms with Crippen LogP contribution in [-0.4, -0.2) is 66.7 Å². The standard InChI is InChI=1S/C21H29N3O4/c25-20-14-23(11-12-24(20)17-4-1-2-5-17)21(26)22-16-7-9-18(10-8-16)28-15-19-6-3-13-27-19/h7-10,17,19H,1-6,11-15H2,(H,22,26)/t19-/m0/s1. The first-order valence-corrected chi connectivity index (χ1v) is 10.4. The molecule has 3 fully saturated rings. The van der Waals surface area contributed by atoms with Gasteiger partial charge in [-0.15, -0.1) is 0 Å². The van der Waals surface area contributed by atoms with E-state index in [1.54, 1.807) is 4.90 Å². The van der Waals surface area contributed by atoms with Gasteiger partial charge in [0.05, 0.1) is 6.10 Å². The third-order valence-electron chi connectivity index (χ3n) is 5.88. The van der Waals surface area contributed by atoms with Crippen molar-refractivity contribution in [2.24, 2.45) is 0 Å². The maximum atomic E-state index is 12.5. The Balaban J connectivity index is 1.24. The largest absolute Gasteiger partial charge is 0.491 e. The van der Waals surface area contributed by atoms with Gasteiger partial charge >= 0.3 is 6.03 Å². The second kappa shape index (κ2) is 8.82. The lowest BCUT2D eigenvalue weighted by Gasteiger charge is -2.37. The van der Waals surface area contributed by atoms with Crippen LogP contribution in [0.4, 0.5) is 10.5 Å². The summed E-state index contributed by atoms with van der Waals surface area (Å²) in [5, 5.41) is 2.88. The molecule has 0 aromatic heterocycles. The molecular weight excluding hydrogens is 358 g/mol. The van der Waals surface area contributed by atoms with E-state index in [1.807, 2.05) is 29.2 Å². The van der Waals surface area contributed by atoms with Crippen molar-refractivity contribution < 1.29 is 19.1 Å². The number of amides is 3. The number of carbonyl (C=O) groups excluding carboxylic acids is 2. The van der Waals surface area contributed by atoms with Gasteiger partial charge in [0.25, 0.3) is 0 Å². The summed E-state index contributed by atoms with van der Waals surface area (Å²) in [6, 6.07) is 7.47. The molecule has 2 heterocycles. The number of carbonyl (C=O) groups is 2. The predicted octanol–water partition coefficient (Wildman–Crippen LogP) is 2.86. The van der Waals surface area contributed by atoms with E-state index in [9.17, 15) is 9.59 Å². The number of piperazine rings is 1. The van der Waals surface area contributed by atoms with Gasteiger partial charge in [0, 0.05) is 31.4 Å². The summed E-state index contributed by atoms with van der Waals surface area (Å²) in [7, 11) is 0. The molecule has 1 aromatic carbocycles. The van der Waals surface area contributed by atoms with E-state index in [0.717, 1.165) is 38.0 Å². The number of rotatable bonds is 5. The van der Waals surface area contributed by atoms with Crippen LogP contribution >= 0.6 is 0 Å². The van der Waals surface area contributed by atoms with E-state index in [0.29, 0.717) is 31.4 Å². The molecule has 28 heavy (non-hydrogen) atoms. The number of nitrogens with zero attached hydrogens (tertiary/aromatic N) is 2. The highest BCUT2D eigenvalue weighted by Gasteiger charge is 2.32. The number of ether oxygens (including phenoxy) is 2. The Labute approximate surface area is 166 Å². The fraction of sp³-hybridized carbons (Fsp3) is 0.619. The van der Waals surface area contributed by atoms with Crippen molar-refractivity contribution in [1.29, 1.82) is 0 Å². The lowest BCUT2D eigenvalue weighted by molar-refractivity contribution is -0.137. The average molecular weight is 387 g/mol. The summed E-state index contributed by atoms with van der Waals surface area (Å²) < 4.78 is 11.3. The number of benzene rings is 1. The van der Waals surface area contributed by atoms with Gasteiger partial charge in [0.1, 0.15) is 18.9 Å². The first-order valence-electron chi connectivity index (χ1n) is 10.4. The topological polar surface area (TPSA) is 71.1 Å². The van der Waals surface area contributed by atoms with E-state index in [2.05, 4.69) is 5.32 Å². The molecule has 2 saturated heterocycles. The van der Waals surface area contributed by atoms with Crippen molar-refractivity contribution in [3.8, 4) is 5.75 Å². The zero-order chi connectivity index (χ0) is 19.3. The average Bonchev–Trinajstić information content (AvgIpc) is 3.41. The third-order valence-corrected chi connectivity index (χ3v) is 5.88. The minimum atomic E-state index is -0.229. The molecule has 3 amide bonds. The Morgan fingerprint density at radius 1 is 1.11 bits per heavy atom. The minimum absolute atomic E-state index is 0.0613. The van der Waals surface area contributed by atoms with Crippen LogP contribution in [0.25, 0.3) is 0 Å². The van der Waals surface area contributed by atoms with Gasteiger partial charge in [-0.1, -0.05) is 12.8 Å². The minimum Gasteiger partial charge on any atom is -0.491 e. The molecule has 4 rings (SSSR count). The van der Waals surface area contributed by atoms with E-state index in [4.69, 9.17) is 9.47 Å². The molecule has 0 radical (unpaired) electrons. The molecule has 0 spiro atoms. The smallest absolute Gasteiger partial charge is 0.322 e. The van der Waals surface area contributed by atoms with E-state index >= 15 is 0 Å². The maximum absolute atomic E-state index is 12.5. The lowest BCUT2D eigenvalue weighted by Crippen LogP contribution is -2.55. The molecule has 7 nitrogen and oxygen atoms in total. The van der Waals surface area contributed by atoms with Crippen LogP contribution in [-0.2, 0) is 9.53 Å². The number of anilines is 1. The van der Waals surface area contributed by atoms with Gasteiger partial charge in [0.15, 0.2) is 0 Å². The third kappa shape index (κ3) is 4.58. The molecule has 1 N–H and O–H groups in total.